The van der Waals surface area contributed by atoms with E-state index in [9.17, 15) is 9.50 Å². The number of anilines is 1. The van der Waals surface area contributed by atoms with Crippen LogP contribution in [0.4, 0.5) is 10.1 Å². The third-order valence-corrected chi connectivity index (χ3v) is 4.07. The van der Waals surface area contributed by atoms with Crippen molar-refractivity contribution < 1.29 is 9.50 Å². The van der Waals surface area contributed by atoms with Crippen LogP contribution in [-0.2, 0) is 0 Å². The van der Waals surface area contributed by atoms with Gasteiger partial charge in [0.05, 0.1) is 11.2 Å². The second kappa shape index (κ2) is 4.82. The average molecular weight is 262 g/mol. The van der Waals surface area contributed by atoms with Crippen LogP contribution >= 0.6 is 0 Å². The second-order valence-electron chi connectivity index (χ2n) is 5.76. The van der Waals surface area contributed by atoms with Crippen LogP contribution in [0, 0.1) is 23.1 Å². The lowest BCUT2D eigenvalue weighted by Gasteiger charge is -2.32. The van der Waals surface area contributed by atoms with Crippen molar-refractivity contribution in [2.24, 2.45) is 5.92 Å². The number of hydrogen-bond acceptors (Lipinski definition) is 3. The molecule has 0 amide bonds. The highest BCUT2D eigenvalue weighted by Gasteiger charge is 2.39. The molecule has 1 aromatic rings. The van der Waals surface area contributed by atoms with Crippen molar-refractivity contribution in [3.8, 4) is 6.07 Å². The van der Waals surface area contributed by atoms with Gasteiger partial charge in [-0.05, 0) is 45.4 Å². The molecule has 2 rings (SSSR count). The van der Waals surface area contributed by atoms with Crippen LogP contribution in [0.25, 0.3) is 0 Å². The number of nitrogens with zero attached hydrogens (tertiary/aromatic N) is 2. The summed E-state index contributed by atoms with van der Waals surface area (Å²) in [7, 11) is 0. The Morgan fingerprint density at radius 1 is 1.47 bits per heavy atom. The Balaban J connectivity index is 2.25. The Hall–Kier alpha value is -1.60. The van der Waals surface area contributed by atoms with Crippen molar-refractivity contribution in [1.29, 1.82) is 5.26 Å². The van der Waals surface area contributed by atoms with Gasteiger partial charge in [0.2, 0.25) is 0 Å². The number of hydrogen-bond donors (Lipinski definition) is 1. The first-order valence-corrected chi connectivity index (χ1v) is 6.53. The highest BCUT2D eigenvalue weighted by molar-refractivity contribution is 5.52. The fraction of sp³-hybridized carbons (Fsp3) is 0.533. The fourth-order valence-corrected chi connectivity index (χ4v) is 3.02. The third kappa shape index (κ3) is 2.57. The molecule has 2 unspecified atom stereocenters. The minimum absolute atomic E-state index is 0.0645. The maximum absolute atomic E-state index is 13.7. The van der Waals surface area contributed by atoms with Crippen LogP contribution in [0.15, 0.2) is 18.2 Å². The van der Waals surface area contributed by atoms with Gasteiger partial charge in [-0.3, -0.25) is 0 Å². The molecule has 1 N–H and O–H groups in total. The monoisotopic (exact) mass is 262 g/mol. The maximum Gasteiger partial charge on any atom is 0.143 e. The van der Waals surface area contributed by atoms with Crippen molar-refractivity contribution >= 4 is 5.69 Å². The van der Waals surface area contributed by atoms with E-state index in [1.165, 1.54) is 12.1 Å². The van der Waals surface area contributed by atoms with Gasteiger partial charge in [0, 0.05) is 24.2 Å². The molecule has 0 bridgehead atoms. The van der Waals surface area contributed by atoms with E-state index in [1.54, 1.807) is 6.07 Å². The summed E-state index contributed by atoms with van der Waals surface area (Å²) in [4.78, 5) is 2.09. The molecule has 102 valence electrons. The van der Waals surface area contributed by atoms with E-state index in [0.29, 0.717) is 0 Å². The van der Waals surface area contributed by atoms with Crippen LogP contribution in [0.3, 0.4) is 0 Å². The summed E-state index contributed by atoms with van der Waals surface area (Å²) in [6.45, 7) is 6.47. The zero-order valence-corrected chi connectivity index (χ0v) is 11.5. The van der Waals surface area contributed by atoms with Crippen LogP contribution in [0.1, 0.15) is 32.8 Å². The number of aliphatic hydroxyl groups is 1. The second-order valence-corrected chi connectivity index (χ2v) is 5.76. The van der Waals surface area contributed by atoms with Crippen molar-refractivity contribution in [2.45, 2.75) is 38.8 Å². The van der Waals surface area contributed by atoms with Crippen LogP contribution in [0.5, 0.6) is 0 Å². The van der Waals surface area contributed by atoms with Gasteiger partial charge in [0.25, 0.3) is 0 Å². The standard InChI is InChI=1S/C15H19FN2O/c1-10-13(15(2,3)19)6-7-18(10)12-5-4-11(9-17)14(16)8-12/h4-5,8,10,13,19H,6-7H2,1-3H3. The summed E-state index contributed by atoms with van der Waals surface area (Å²) in [6.07, 6.45) is 0.881. The van der Waals surface area contributed by atoms with Crippen LogP contribution in [-0.4, -0.2) is 23.3 Å². The summed E-state index contributed by atoms with van der Waals surface area (Å²) in [6, 6.07) is 6.65. The Morgan fingerprint density at radius 3 is 2.63 bits per heavy atom. The first-order chi connectivity index (χ1) is 8.84. The Labute approximate surface area is 113 Å². The van der Waals surface area contributed by atoms with Crippen LogP contribution < -0.4 is 4.90 Å². The van der Waals surface area contributed by atoms with E-state index in [2.05, 4.69) is 4.90 Å². The maximum atomic E-state index is 13.7. The van der Waals surface area contributed by atoms with Crippen LogP contribution in [0.2, 0.25) is 0 Å². The largest absolute Gasteiger partial charge is 0.390 e. The number of nitriles is 1. The van der Waals surface area contributed by atoms with Gasteiger partial charge in [-0.1, -0.05) is 0 Å². The molecule has 0 aliphatic carbocycles. The average Bonchev–Trinajstić information content (AvgIpc) is 2.70. The van der Waals surface area contributed by atoms with Gasteiger partial charge in [-0.15, -0.1) is 0 Å². The smallest absolute Gasteiger partial charge is 0.143 e. The Kier molecular flexibility index (Phi) is 3.51. The van der Waals surface area contributed by atoms with Gasteiger partial charge in [0.1, 0.15) is 11.9 Å². The van der Waals surface area contributed by atoms with E-state index >= 15 is 0 Å². The van der Waals surface area contributed by atoms with E-state index in [-0.39, 0.29) is 17.5 Å². The van der Waals surface area contributed by atoms with Crippen molar-refractivity contribution in [1.82, 2.24) is 0 Å². The topological polar surface area (TPSA) is 47.3 Å². The van der Waals surface area contributed by atoms with E-state index in [4.69, 9.17) is 5.26 Å². The number of rotatable bonds is 2. The SMILES string of the molecule is CC1C(C(C)(C)O)CCN1c1ccc(C#N)c(F)c1. The molecule has 2 atom stereocenters. The first kappa shape index (κ1) is 13.8. The minimum Gasteiger partial charge on any atom is -0.390 e. The molecule has 1 saturated heterocycles. The molecule has 1 aromatic carbocycles. The zero-order chi connectivity index (χ0) is 14.2. The third-order valence-electron chi connectivity index (χ3n) is 4.07. The van der Waals surface area contributed by atoms with Gasteiger partial charge in [0.15, 0.2) is 0 Å². The fourth-order valence-electron chi connectivity index (χ4n) is 3.02. The van der Waals surface area contributed by atoms with Crippen molar-refractivity contribution in [2.75, 3.05) is 11.4 Å². The summed E-state index contributed by atoms with van der Waals surface area (Å²) < 4.78 is 13.7. The Bertz CT molecular complexity index is 516. The first-order valence-electron chi connectivity index (χ1n) is 6.53. The van der Waals surface area contributed by atoms with Crippen molar-refractivity contribution in [3.05, 3.63) is 29.6 Å². The molecule has 0 aromatic heterocycles. The molecule has 0 saturated carbocycles. The highest BCUT2D eigenvalue weighted by atomic mass is 19.1. The Morgan fingerprint density at radius 2 is 2.16 bits per heavy atom. The highest BCUT2D eigenvalue weighted by Crippen LogP contribution is 2.36. The number of benzene rings is 1. The molecule has 1 aliphatic heterocycles. The van der Waals surface area contributed by atoms with Gasteiger partial charge >= 0.3 is 0 Å². The molecular weight excluding hydrogens is 243 g/mol. The molecule has 1 aliphatic rings. The summed E-state index contributed by atoms with van der Waals surface area (Å²) in [5, 5.41) is 18.9. The lowest BCUT2D eigenvalue weighted by Crippen LogP contribution is -2.40. The summed E-state index contributed by atoms with van der Waals surface area (Å²) >= 11 is 0. The van der Waals surface area contributed by atoms with Crippen molar-refractivity contribution in [3.63, 3.8) is 0 Å². The van der Waals surface area contributed by atoms with Gasteiger partial charge in [-0.25, -0.2) is 4.39 Å². The number of halogens is 1. The molecule has 4 heteroatoms. The summed E-state index contributed by atoms with van der Waals surface area (Å²) in [5.74, 6) is -0.329. The molecule has 3 nitrogen and oxygen atoms in total. The molecule has 19 heavy (non-hydrogen) atoms. The molecule has 0 radical (unpaired) electrons. The summed E-state index contributed by atoms with van der Waals surface area (Å²) in [5.41, 5.74) is 0.102. The predicted molar refractivity (Wildman–Crippen MR) is 72.3 cm³/mol. The van der Waals surface area contributed by atoms with E-state index in [1.807, 2.05) is 26.8 Å². The molecule has 1 fully saturated rings. The predicted octanol–water partition coefficient (Wildman–Crippen LogP) is 2.68. The quantitative estimate of drug-likeness (QED) is 0.891. The van der Waals surface area contributed by atoms with E-state index in [0.717, 1.165) is 18.7 Å². The zero-order valence-electron chi connectivity index (χ0n) is 11.5. The normalized spacial score (nSPS) is 23.5. The minimum atomic E-state index is -0.737. The lowest BCUT2D eigenvalue weighted by atomic mass is 9.85. The molecular formula is C15H19FN2O. The lowest BCUT2D eigenvalue weighted by molar-refractivity contribution is 0.0156. The van der Waals surface area contributed by atoms with Gasteiger partial charge in [-0.2, -0.15) is 5.26 Å². The van der Waals surface area contributed by atoms with E-state index < -0.39 is 11.4 Å². The molecule has 0 spiro atoms. The van der Waals surface area contributed by atoms with Gasteiger partial charge < -0.3 is 10.0 Å². The molecule has 1 heterocycles.